The lowest BCUT2D eigenvalue weighted by Crippen LogP contribution is -2.53. The van der Waals surface area contributed by atoms with Gasteiger partial charge in [-0.3, -0.25) is 0 Å². The van der Waals surface area contributed by atoms with E-state index in [2.05, 4.69) is 44.3 Å². The third kappa shape index (κ3) is 3.58. The highest BCUT2D eigenvalue weighted by Gasteiger charge is 2.50. The molecular formula is C18H29NO2. The fraction of sp³-hybridized carbons (Fsp3) is 0.667. The van der Waals surface area contributed by atoms with Crippen molar-refractivity contribution in [2.75, 3.05) is 33.9 Å². The lowest BCUT2D eigenvalue weighted by atomic mass is 9.51. The van der Waals surface area contributed by atoms with Crippen LogP contribution in [0.25, 0.3) is 0 Å². The molecule has 1 N–H and O–H groups in total. The number of aryl methyl sites for hydroxylation is 1. The summed E-state index contributed by atoms with van der Waals surface area (Å²) >= 11 is 0. The molecule has 1 aromatic rings. The van der Waals surface area contributed by atoms with Gasteiger partial charge in [0.2, 0.25) is 0 Å². The van der Waals surface area contributed by atoms with Gasteiger partial charge in [0.15, 0.2) is 0 Å². The van der Waals surface area contributed by atoms with Crippen LogP contribution in [0, 0.1) is 12.3 Å². The second kappa shape index (κ2) is 6.37. The minimum atomic E-state index is 0.189. The molecule has 0 radical (unpaired) electrons. The maximum Gasteiger partial charge on any atom is 0.122 e. The number of methoxy groups -OCH3 is 2. The van der Waals surface area contributed by atoms with Crippen molar-refractivity contribution in [3.63, 3.8) is 0 Å². The third-order valence-electron chi connectivity index (χ3n) is 4.51. The highest BCUT2D eigenvalue weighted by molar-refractivity contribution is 5.45. The van der Waals surface area contributed by atoms with Gasteiger partial charge in [0.05, 0.1) is 13.7 Å². The smallest absolute Gasteiger partial charge is 0.122 e. The maximum absolute atomic E-state index is 5.63. The van der Waals surface area contributed by atoms with E-state index < -0.39 is 0 Å². The first-order valence-electron chi connectivity index (χ1n) is 7.77. The molecule has 0 aromatic heterocycles. The maximum atomic E-state index is 5.63. The topological polar surface area (TPSA) is 30.5 Å². The van der Waals surface area contributed by atoms with Gasteiger partial charge in [0, 0.05) is 31.2 Å². The third-order valence-corrected chi connectivity index (χ3v) is 4.51. The highest BCUT2D eigenvalue weighted by Crippen LogP contribution is 2.56. The number of benzene rings is 1. The molecule has 0 aliphatic heterocycles. The minimum Gasteiger partial charge on any atom is -0.496 e. The number of hydrogen-bond acceptors (Lipinski definition) is 3. The van der Waals surface area contributed by atoms with Gasteiger partial charge in [-0.2, -0.15) is 0 Å². The highest BCUT2D eigenvalue weighted by atomic mass is 16.5. The molecule has 3 nitrogen and oxygen atoms in total. The van der Waals surface area contributed by atoms with Crippen LogP contribution in [-0.2, 0) is 10.2 Å². The fourth-order valence-corrected chi connectivity index (χ4v) is 3.93. The van der Waals surface area contributed by atoms with Crippen molar-refractivity contribution in [2.24, 2.45) is 5.41 Å². The molecule has 2 rings (SSSR count). The molecule has 3 heteroatoms. The summed E-state index contributed by atoms with van der Waals surface area (Å²) in [5.74, 6) is 1.02. The predicted octanol–water partition coefficient (Wildman–Crippen LogP) is 3.30. The van der Waals surface area contributed by atoms with Crippen molar-refractivity contribution in [1.82, 2.24) is 5.32 Å². The molecule has 118 valence electrons. The number of nitrogens with one attached hydrogen (secondary N) is 1. The van der Waals surface area contributed by atoms with Crippen molar-refractivity contribution in [1.29, 1.82) is 0 Å². The molecule has 0 atom stereocenters. The van der Waals surface area contributed by atoms with E-state index in [0.29, 0.717) is 5.41 Å². The van der Waals surface area contributed by atoms with E-state index in [4.69, 9.17) is 9.47 Å². The molecule has 0 amide bonds. The molecule has 21 heavy (non-hydrogen) atoms. The Balaban J connectivity index is 2.22. The largest absolute Gasteiger partial charge is 0.496 e. The zero-order valence-electron chi connectivity index (χ0n) is 14.1. The lowest BCUT2D eigenvalue weighted by Gasteiger charge is -2.54. The standard InChI is InChI=1S/C18H29NO2/c1-14-6-7-16(21-5)15(10-14)18(11-17(2,3)12-18)13-19-8-9-20-4/h6-7,10,19H,8-9,11-13H2,1-5H3. The Morgan fingerprint density at radius 1 is 1.19 bits per heavy atom. The zero-order valence-corrected chi connectivity index (χ0v) is 14.1. The van der Waals surface area contributed by atoms with Crippen LogP contribution in [0.5, 0.6) is 5.75 Å². The van der Waals surface area contributed by atoms with Gasteiger partial charge < -0.3 is 14.8 Å². The molecule has 1 saturated carbocycles. The molecule has 1 aliphatic rings. The second-order valence-corrected chi connectivity index (χ2v) is 7.17. The average molecular weight is 291 g/mol. The minimum absolute atomic E-state index is 0.189. The predicted molar refractivity (Wildman–Crippen MR) is 87.2 cm³/mol. The van der Waals surface area contributed by atoms with Gasteiger partial charge in [-0.05, 0) is 31.2 Å². The SMILES string of the molecule is COCCNCC1(c2cc(C)ccc2OC)CC(C)(C)C1. The van der Waals surface area contributed by atoms with Crippen LogP contribution in [0.4, 0.5) is 0 Å². The Morgan fingerprint density at radius 3 is 2.48 bits per heavy atom. The van der Waals surface area contributed by atoms with Crippen LogP contribution in [-0.4, -0.2) is 33.9 Å². The molecule has 1 aromatic carbocycles. The van der Waals surface area contributed by atoms with Crippen LogP contribution in [0.3, 0.4) is 0 Å². The molecule has 0 saturated heterocycles. The Bertz CT molecular complexity index is 474. The first-order valence-corrected chi connectivity index (χ1v) is 7.77. The summed E-state index contributed by atoms with van der Waals surface area (Å²) in [6.07, 6.45) is 2.39. The van der Waals surface area contributed by atoms with Gasteiger partial charge in [-0.1, -0.05) is 31.5 Å². The molecule has 0 spiro atoms. The average Bonchev–Trinajstić information content (AvgIpc) is 2.41. The van der Waals surface area contributed by atoms with Gasteiger partial charge in [0.25, 0.3) is 0 Å². The van der Waals surface area contributed by atoms with E-state index in [-0.39, 0.29) is 5.41 Å². The molecule has 1 fully saturated rings. The first-order chi connectivity index (χ1) is 9.92. The van der Waals surface area contributed by atoms with E-state index in [1.807, 2.05) is 0 Å². The zero-order chi connectivity index (χ0) is 15.5. The lowest BCUT2D eigenvalue weighted by molar-refractivity contribution is 0.0529. The summed E-state index contributed by atoms with van der Waals surface area (Å²) in [5, 5.41) is 3.56. The van der Waals surface area contributed by atoms with Crippen molar-refractivity contribution < 1.29 is 9.47 Å². The van der Waals surface area contributed by atoms with E-state index in [0.717, 1.165) is 25.4 Å². The number of rotatable bonds is 7. The monoisotopic (exact) mass is 291 g/mol. The van der Waals surface area contributed by atoms with Gasteiger partial charge in [-0.15, -0.1) is 0 Å². The molecule has 0 unspecified atom stereocenters. The van der Waals surface area contributed by atoms with Crippen molar-refractivity contribution >= 4 is 0 Å². The van der Waals surface area contributed by atoms with Crippen LogP contribution >= 0.6 is 0 Å². The van der Waals surface area contributed by atoms with Crippen molar-refractivity contribution in [3.05, 3.63) is 29.3 Å². The Labute approximate surface area is 129 Å². The normalized spacial score (nSPS) is 19.1. The fourth-order valence-electron chi connectivity index (χ4n) is 3.93. The number of ether oxygens (including phenoxy) is 2. The Morgan fingerprint density at radius 2 is 1.90 bits per heavy atom. The van der Waals surface area contributed by atoms with E-state index in [9.17, 15) is 0 Å². The summed E-state index contributed by atoms with van der Waals surface area (Å²) in [4.78, 5) is 0. The van der Waals surface area contributed by atoms with Gasteiger partial charge in [0.1, 0.15) is 5.75 Å². The summed E-state index contributed by atoms with van der Waals surface area (Å²) < 4.78 is 10.8. The molecule has 0 heterocycles. The first kappa shape index (κ1) is 16.3. The van der Waals surface area contributed by atoms with Crippen LogP contribution in [0.15, 0.2) is 18.2 Å². The van der Waals surface area contributed by atoms with E-state index in [1.165, 1.54) is 24.0 Å². The van der Waals surface area contributed by atoms with Crippen LogP contribution in [0.2, 0.25) is 0 Å². The number of hydrogen-bond donors (Lipinski definition) is 1. The molecule has 1 aliphatic carbocycles. The van der Waals surface area contributed by atoms with Gasteiger partial charge >= 0.3 is 0 Å². The van der Waals surface area contributed by atoms with E-state index >= 15 is 0 Å². The summed E-state index contributed by atoms with van der Waals surface area (Å²) in [7, 11) is 3.51. The van der Waals surface area contributed by atoms with E-state index in [1.54, 1.807) is 14.2 Å². The van der Waals surface area contributed by atoms with Crippen molar-refractivity contribution in [3.8, 4) is 5.75 Å². The molecular weight excluding hydrogens is 262 g/mol. The Kier molecular flexibility index (Phi) is 4.95. The summed E-state index contributed by atoms with van der Waals surface area (Å²) in [6, 6.07) is 6.52. The summed E-state index contributed by atoms with van der Waals surface area (Å²) in [6.45, 7) is 9.49. The summed E-state index contributed by atoms with van der Waals surface area (Å²) in [5.41, 5.74) is 3.26. The van der Waals surface area contributed by atoms with Gasteiger partial charge in [-0.25, -0.2) is 0 Å². The molecule has 0 bridgehead atoms. The van der Waals surface area contributed by atoms with Crippen LogP contribution < -0.4 is 10.1 Å². The quantitative estimate of drug-likeness (QED) is 0.782. The Hall–Kier alpha value is -1.06. The van der Waals surface area contributed by atoms with Crippen molar-refractivity contribution in [2.45, 2.75) is 39.0 Å². The second-order valence-electron chi connectivity index (χ2n) is 7.17. The van der Waals surface area contributed by atoms with Crippen LogP contribution in [0.1, 0.15) is 37.8 Å².